The van der Waals surface area contributed by atoms with Crippen LogP contribution < -0.4 is 25.4 Å². The molecule has 3 N–H and O–H groups in total. The molecule has 28 heavy (non-hydrogen) atoms. The maximum absolute atomic E-state index is 12.4. The minimum Gasteiger partial charge on any atom is -0.495 e. The number of nitrogens with one attached hydrogen (secondary N) is 1. The number of ether oxygens (including phenoxy) is 3. The summed E-state index contributed by atoms with van der Waals surface area (Å²) in [6.07, 6.45) is -0.0887. The number of halogens is 1. The normalized spacial score (nSPS) is 15.9. The lowest BCUT2D eigenvalue weighted by molar-refractivity contribution is -0.152. The van der Waals surface area contributed by atoms with Gasteiger partial charge in [0, 0.05) is 19.0 Å². The molecule has 1 fully saturated rings. The molecule has 0 spiro atoms. The van der Waals surface area contributed by atoms with Crippen molar-refractivity contribution in [3.63, 3.8) is 0 Å². The van der Waals surface area contributed by atoms with Crippen LogP contribution in [0.2, 0.25) is 5.02 Å². The number of anilines is 1. The van der Waals surface area contributed by atoms with E-state index in [1.807, 2.05) is 0 Å². The molecule has 2 rings (SSSR count). The highest BCUT2D eigenvalue weighted by atomic mass is 35.5. The Bertz CT molecular complexity index is 799. The maximum Gasteiger partial charge on any atom is 0.311 e. The number of hydrogen-bond acceptors (Lipinski definition) is 7. The molecule has 10 nitrogen and oxygen atoms in total. The van der Waals surface area contributed by atoms with E-state index in [0.29, 0.717) is 17.2 Å². The van der Waals surface area contributed by atoms with Gasteiger partial charge in [-0.25, -0.2) is 0 Å². The fourth-order valence-electron chi connectivity index (χ4n) is 2.64. The van der Waals surface area contributed by atoms with Crippen LogP contribution in [0, 0.1) is 5.92 Å². The van der Waals surface area contributed by atoms with Crippen LogP contribution in [-0.2, 0) is 23.9 Å². The first-order valence-corrected chi connectivity index (χ1v) is 8.58. The number of nitrogens with zero attached hydrogens (tertiary/aromatic N) is 1. The van der Waals surface area contributed by atoms with E-state index in [2.05, 4.69) is 5.32 Å². The van der Waals surface area contributed by atoms with Gasteiger partial charge in [0.15, 0.2) is 6.61 Å². The molecule has 1 aliphatic rings. The molecule has 0 saturated carbocycles. The van der Waals surface area contributed by atoms with Crippen molar-refractivity contribution >= 4 is 41.0 Å². The lowest BCUT2D eigenvalue weighted by atomic mass is 10.1. The first-order valence-electron chi connectivity index (χ1n) is 8.20. The van der Waals surface area contributed by atoms with E-state index in [0.717, 1.165) is 0 Å². The molecule has 3 amide bonds. The lowest BCUT2D eigenvalue weighted by Crippen LogP contribution is -2.36. The zero-order valence-electron chi connectivity index (χ0n) is 15.3. The molecule has 1 saturated heterocycles. The average Bonchev–Trinajstić information content (AvgIpc) is 3.05. The number of methoxy groups -OCH3 is 2. The van der Waals surface area contributed by atoms with Gasteiger partial charge in [-0.05, 0) is 6.07 Å². The summed E-state index contributed by atoms with van der Waals surface area (Å²) in [6.45, 7) is -0.891. The highest BCUT2D eigenvalue weighted by Gasteiger charge is 2.37. The van der Waals surface area contributed by atoms with E-state index in [9.17, 15) is 19.2 Å². The van der Waals surface area contributed by atoms with E-state index < -0.39 is 30.3 Å². The Morgan fingerprint density at radius 1 is 1.25 bits per heavy atom. The molecule has 1 aromatic carbocycles. The van der Waals surface area contributed by atoms with Crippen LogP contribution in [0.5, 0.6) is 11.5 Å². The van der Waals surface area contributed by atoms with Crippen molar-refractivity contribution < 1.29 is 33.4 Å². The number of primary amides is 1. The van der Waals surface area contributed by atoms with E-state index in [-0.39, 0.29) is 30.4 Å². The predicted octanol–water partition coefficient (Wildman–Crippen LogP) is -0.145. The number of rotatable bonds is 8. The Kier molecular flexibility index (Phi) is 7.05. The third-order valence-electron chi connectivity index (χ3n) is 4.01. The number of carbonyl (C=O) groups excluding carboxylic acids is 4. The first kappa shape index (κ1) is 21.3. The summed E-state index contributed by atoms with van der Waals surface area (Å²) >= 11 is 6.13. The molecule has 11 heteroatoms. The van der Waals surface area contributed by atoms with Gasteiger partial charge in [-0.2, -0.15) is 0 Å². The summed E-state index contributed by atoms with van der Waals surface area (Å²) in [5.41, 5.74) is 5.30. The topological polar surface area (TPSA) is 137 Å². The van der Waals surface area contributed by atoms with Crippen LogP contribution in [0.15, 0.2) is 12.1 Å². The highest BCUT2D eigenvalue weighted by molar-refractivity contribution is 6.32. The van der Waals surface area contributed by atoms with Gasteiger partial charge >= 0.3 is 5.97 Å². The van der Waals surface area contributed by atoms with Crippen LogP contribution in [0.25, 0.3) is 0 Å². The molecule has 1 heterocycles. The quantitative estimate of drug-likeness (QED) is 0.565. The number of esters is 1. The zero-order valence-corrected chi connectivity index (χ0v) is 16.1. The van der Waals surface area contributed by atoms with Gasteiger partial charge in [0.2, 0.25) is 11.8 Å². The van der Waals surface area contributed by atoms with Crippen LogP contribution in [0.1, 0.15) is 6.42 Å². The molecule has 1 atom stereocenters. The number of nitrogens with two attached hydrogens (primary N) is 1. The molecule has 1 aromatic rings. The standard InChI is InChI=1S/C17H20ClN3O7/c1-26-12-5-13(27-2)11(4-10(12)18)21-7-9(3-16(21)24)17(25)28-8-15(23)20-6-14(19)22/h4-5,9H,3,6-8H2,1-2H3,(H2,19,22)(H,20,23)/t9-/m0/s1. The molecular weight excluding hydrogens is 394 g/mol. The second-order valence-electron chi connectivity index (χ2n) is 5.91. The molecule has 0 radical (unpaired) electrons. The van der Waals surface area contributed by atoms with Crippen molar-refractivity contribution in [2.45, 2.75) is 6.42 Å². The van der Waals surface area contributed by atoms with E-state index in [1.54, 1.807) is 6.07 Å². The Morgan fingerprint density at radius 3 is 2.54 bits per heavy atom. The summed E-state index contributed by atoms with van der Waals surface area (Å²) in [7, 11) is 2.89. The Balaban J connectivity index is 2.03. The average molecular weight is 414 g/mol. The Morgan fingerprint density at radius 2 is 1.93 bits per heavy atom. The minimum absolute atomic E-state index is 0.0413. The summed E-state index contributed by atoms with van der Waals surface area (Å²) in [4.78, 5) is 48.0. The van der Waals surface area contributed by atoms with Crippen molar-refractivity contribution in [1.29, 1.82) is 0 Å². The Hall–Kier alpha value is -3.01. The molecule has 0 bridgehead atoms. The zero-order chi connectivity index (χ0) is 20.8. The number of carbonyl (C=O) groups is 4. The fourth-order valence-corrected chi connectivity index (χ4v) is 2.88. The number of amides is 3. The molecule has 1 aliphatic heterocycles. The summed E-state index contributed by atoms with van der Waals surface area (Å²) in [6, 6.07) is 3.06. The smallest absolute Gasteiger partial charge is 0.311 e. The Labute approximate surface area is 165 Å². The summed E-state index contributed by atoms with van der Waals surface area (Å²) in [5.74, 6) is -2.44. The van der Waals surface area contributed by atoms with Crippen LogP contribution in [-0.4, -0.2) is 57.6 Å². The van der Waals surface area contributed by atoms with Gasteiger partial charge in [0.25, 0.3) is 5.91 Å². The molecule has 0 aromatic heterocycles. The van der Waals surface area contributed by atoms with Gasteiger partial charge in [-0.1, -0.05) is 11.6 Å². The fraction of sp³-hybridized carbons (Fsp3) is 0.412. The first-order chi connectivity index (χ1) is 13.3. The second kappa shape index (κ2) is 9.27. The van der Waals surface area contributed by atoms with E-state index in [4.69, 9.17) is 31.5 Å². The van der Waals surface area contributed by atoms with Crippen molar-refractivity contribution in [2.24, 2.45) is 11.7 Å². The summed E-state index contributed by atoms with van der Waals surface area (Å²) in [5, 5.41) is 2.47. The molecular formula is C17H20ClN3O7. The van der Waals surface area contributed by atoms with Crippen LogP contribution >= 0.6 is 11.6 Å². The van der Waals surface area contributed by atoms with Crippen LogP contribution in [0.3, 0.4) is 0 Å². The number of hydrogen-bond donors (Lipinski definition) is 2. The van der Waals surface area contributed by atoms with Crippen molar-refractivity contribution in [3.8, 4) is 11.5 Å². The summed E-state index contributed by atoms with van der Waals surface area (Å²) < 4.78 is 15.3. The third-order valence-corrected chi connectivity index (χ3v) is 4.30. The van der Waals surface area contributed by atoms with E-state index in [1.165, 1.54) is 25.2 Å². The molecule has 0 aliphatic carbocycles. The largest absolute Gasteiger partial charge is 0.495 e. The SMILES string of the molecule is COc1cc(OC)c(N2C[C@@H](C(=O)OCC(=O)NCC(N)=O)CC2=O)cc1Cl. The van der Waals surface area contributed by atoms with Crippen molar-refractivity contribution in [1.82, 2.24) is 5.32 Å². The monoisotopic (exact) mass is 413 g/mol. The molecule has 0 unspecified atom stereocenters. The van der Waals surface area contributed by atoms with Gasteiger partial charge in [0.1, 0.15) is 11.5 Å². The van der Waals surface area contributed by atoms with Crippen molar-refractivity contribution in [2.75, 3.05) is 38.8 Å². The number of benzene rings is 1. The van der Waals surface area contributed by atoms with Gasteiger partial charge in [-0.15, -0.1) is 0 Å². The second-order valence-corrected chi connectivity index (χ2v) is 6.32. The highest BCUT2D eigenvalue weighted by Crippen LogP contribution is 2.40. The van der Waals surface area contributed by atoms with Crippen LogP contribution in [0.4, 0.5) is 5.69 Å². The third kappa shape index (κ3) is 5.03. The van der Waals surface area contributed by atoms with Gasteiger partial charge in [0.05, 0.1) is 37.4 Å². The van der Waals surface area contributed by atoms with E-state index >= 15 is 0 Å². The molecule has 152 valence electrons. The van der Waals surface area contributed by atoms with Gasteiger partial charge < -0.3 is 30.2 Å². The lowest BCUT2D eigenvalue weighted by Gasteiger charge is -2.20. The van der Waals surface area contributed by atoms with Crippen molar-refractivity contribution in [3.05, 3.63) is 17.2 Å². The maximum atomic E-state index is 12.4. The minimum atomic E-state index is -0.762. The predicted molar refractivity (Wildman–Crippen MR) is 98.2 cm³/mol. The van der Waals surface area contributed by atoms with Gasteiger partial charge in [-0.3, -0.25) is 19.2 Å².